The number of amides is 2. The Morgan fingerprint density at radius 3 is 3.07 bits per heavy atom. The molecule has 0 aromatic heterocycles. The molecule has 2 amide bonds. The largest absolute Gasteiger partial charge is 0.352 e. The molecule has 1 rings (SSSR count). The van der Waals surface area contributed by atoms with Gasteiger partial charge in [0.15, 0.2) is 8.69 Å². The fourth-order valence-corrected chi connectivity index (χ4v) is 1.43. The maximum absolute atomic E-state index is 11.3. The monoisotopic (exact) mass is 220 g/mol. The molecule has 1 heterocycles. The highest BCUT2D eigenvalue weighted by atomic mass is 31.1. The van der Waals surface area contributed by atoms with Gasteiger partial charge in [-0.2, -0.15) is 0 Å². The molecule has 1 saturated heterocycles. The summed E-state index contributed by atoms with van der Waals surface area (Å²) >= 11 is 0. The molecule has 7 heteroatoms. The van der Waals surface area contributed by atoms with E-state index in [0.717, 1.165) is 0 Å². The fraction of sp³-hybridized carbons (Fsp3) is 0.714. The molecule has 80 valence electrons. The summed E-state index contributed by atoms with van der Waals surface area (Å²) in [6, 6.07) is -0.415. The maximum atomic E-state index is 11.3. The topological polar surface area (TPSA) is 84.5 Å². The fourth-order valence-electron chi connectivity index (χ4n) is 1.22. The first-order valence-electron chi connectivity index (χ1n) is 4.36. The average Bonchev–Trinajstić information content (AvgIpc) is 2.59. The predicted molar refractivity (Wildman–Crippen MR) is 50.5 cm³/mol. The number of rotatable bonds is 5. The minimum atomic E-state index is -1.22. The third-order valence-electron chi connectivity index (χ3n) is 1.90. The van der Waals surface area contributed by atoms with Gasteiger partial charge in [-0.1, -0.05) is 0 Å². The van der Waals surface area contributed by atoms with Gasteiger partial charge in [-0.25, -0.2) is 0 Å². The Balaban J connectivity index is 2.15. The van der Waals surface area contributed by atoms with Crippen molar-refractivity contribution in [2.24, 2.45) is 0 Å². The minimum Gasteiger partial charge on any atom is -0.352 e. The second-order valence-electron chi connectivity index (χ2n) is 2.92. The molecule has 2 N–H and O–H groups in total. The average molecular weight is 220 g/mol. The zero-order valence-electron chi connectivity index (χ0n) is 7.62. The van der Waals surface area contributed by atoms with Gasteiger partial charge in [0.05, 0.1) is 6.61 Å². The van der Waals surface area contributed by atoms with E-state index in [2.05, 4.69) is 15.2 Å². The van der Waals surface area contributed by atoms with Crippen molar-refractivity contribution in [3.05, 3.63) is 0 Å². The lowest BCUT2D eigenvalue weighted by atomic mass is 10.2. The van der Waals surface area contributed by atoms with Crippen LogP contribution >= 0.6 is 8.69 Å². The molecule has 6 nitrogen and oxygen atoms in total. The number of nitrogens with one attached hydrogen (secondary N) is 2. The van der Waals surface area contributed by atoms with Crippen LogP contribution in [0.25, 0.3) is 0 Å². The number of hydrogen-bond acceptors (Lipinski definition) is 4. The summed E-state index contributed by atoms with van der Waals surface area (Å²) in [5, 5.41) is 5.12. The third kappa shape index (κ3) is 3.47. The smallest absolute Gasteiger partial charge is 0.242 e. The lowest BCUT2D eigenvalue weighted by Gasteiger charge is -2.09. The Bertz CT molecular complexity index is 246. The highest BCUT2D eigenvalue weighted by molar-refractivity contribution is 7.17. The number of hydrogen-bond donors (Lipinski definition) is 2. The van der Waals surface area contributed by atoms with Crippen molar-refractivity contribution < 1.29 is 18.7 Å². The van der Waals surface area contributed by atoms with Crippen molar-refractivity contribution in [1.82, 2.24) is 10.6 Å². The lowest BCUT2D eigenvalue weighted by Crippen LogP contribution is -2.42. The summed E-state index contributed by atoms with van der Waals surface area (Å²) in [5.74, 6) is -0.300. The second kappa shape index (κ2) is 5.78. The summed E-state index contributed by atoms with van der Waals surface area (Å²) < 4.78 is 14.6. The van der Waals surface area contributed by atoms with E-state index in [-0.39, 0.29) is 18.4 Å². The summed E-state index contributed by atoms with van der Waals surface area (Å²) in [6.45, 7) is 0.561. The maximum Gasteiger partial charge on any atom is 0.242 e. The van der Waals surface area contributed by atoms with Crippen LogP contribution in [0.15, 0.2) is 0 Å². The van der Waals surface area contributed by atoms with E-state index in [1.807, 2.05) is 0 Å². The first kappa shape index (κ1) is 11.2. The molecule has 2 atom stereocenters. The van der Waals surface area contributed by atoms with Crippen molar-refractivity contribution in [2.45, 2.75) is 18.9 Å². The normalized spacial score (nSPS) is 21.4. The van der Waals surface area contributed by atoms with Crippen LogP contribution in [0.2, 0.25) is 0 Å². The van der Waals surface area contributed by atoms with Crippen LogP contribution in [-0.2, 0) is 18.7 Å². The summed E-state index contributed by atoms with van der Waals surface area (Å²) in [6.07, 6.45) is 0.942. The van der Waals surface area contributed by atoms with Crippen LogP contribution in [-0.4, -0.2) is 31.0 Å². The highest BCUT2D eigenvalue weighted by Crippen LogP contribution is 2.05. The van der Waals surface area contributed by atoms with Gasteiger partial charge in [-0.05, 0) is 6.42 Å². The van der Waals surface area contributed by atoms with Crippen LogP contribution < -0.4 is 10.6 Å². The van der Waals surface area contributed by atoms with Gasteiger partial charge in [0, 0.05) is 13.0 Å². The van der Waals surface area contributed by atoms with Gasteiger partial charge in [-0.15, -0.1) is 0 Å². The number of carbonyl (C=O) groups excluding carboxylic acids is 2. The summed E-state index contributed by atoms with van der Waals surface area (Å²) in [4.78, 5) is 22.1. The molecule has 1 aliphatic rings. The summed E-state index contributed by atoms with van der Waals surface area (Å²) in [5.41, 5.74) is 0. The van der Waals surface area contributed by atoms with Gasteiger partial charge in [-0.3, -0.25) is 14.2 Å². The van der Waals surface area contributed by atoms with Crippen molar-refractivity contribution in [3.8, 4) is 0 Å². The molecule has 1 fully saturated rings. The van der Waals surface area contributed by atoms with Gasteiger partial charge in [0.1, 0.15) is 6.04 Å². The van der Waals surface area contributed by atoms with Crippen LogP contribution in [0.5, 0.6) is 0 Å². The zero-order valence-corrected chi connectivity index (χ0v) is 8.77. The molecule has 0 spiro atoms. The molecule has 0 aromatic carbocycles. The Labute approximate surface area is 82.7 Å². The van der Waals surface area contributed by atoms with Crippen LogP contribution in [0, 0.1) is 0 Å². The first-order chi connectivity index (χ1) is 6.74. The molecule has 0 radical (unpaired) electrons. The molecule has 0 aromatic rings. The Morgan fingerprint density at radius 1 is 1.71 bits per heavy atom. The Hall–Kier alpha value is -0.870. The lowest BCUT2D eigenvalue weighted by molar-refractivity contribution is -0.125. The SMILES string of the molecule is O=[PH2]OCCNC(=O)[C@@H]1CCC(=O)N1. The molecule has 0 saturated carbocycles. The van der Waals surface area contributed by atoms with Crippen molar-refractivity contribution >= 4 is 20.5 Å². The van der Waals surface area contributed by atoms with E-state index in [1.54, 1.807) is 0 Å². The number of carbonyl (C=O) groups is 2. The second-order valence-corrected chi connectivity index (χ2v) is 3.44. The van der Waals surface area contributed by atoms with Crippen LogP contribution in [0.3, 0.4) is 0 Å². The van der Waals surface area contributed by atoms with Gasteiger partial charge < -0.3 is 15.2 Å². The van der Waals surface area contributed by atoms with E-state index in [0.29, 0.717) is 19.4 Å². The van der Waals surface area contributed by atoms with E-state index in [9.17, 15) is 14.2 Å². The quantitative estimate of drug-likeness (QED) is 0.463. The Kier molecular flexibility index (Phi) is 4.62. The minimum absolute atomic E-state index is 0.0922. The third-order valence-corrected chi connectivity index (χ3v) is 2.27. The van der Waals surface area contributed by atoms with E-state index >= 15 is 0 Å². The van der Waals surface area contributed by atoms with E-state index in [1.165, 1.54) is 0 Å². The molecular weight excluding hydrogens is 207 g/mol. The van der Waals surface area contributed by atoms with Crippen LogP contribution in [0.1, 0.15) is 12.8 Å². The molecular formula is C7H13N2O4P. The van der Waals surface area contributed by atoms with Gasteiger partial charge in [0.25, 0.3) is 0 Å². The van der Waals surface area contributed by atoms with Crippen molar-refractivity contribution in [1.29, 1.82) is 0 Å². The van der Waals surface area contributed by atoms with E-state index in [4.69, 9.17) is 0 Å². The Morgan fingerprint density at radius 2 is 2.50 bits per heavy atom. The molecule has 14 heavy (non-hydrogen) atoms. The van der Waals surface area contributed by atoms with E-state index < -0.39 is 14.7 Å². The van der Waals surface area contributed by atoms with Gasteiger partial charge in [0.2, 0.25) is 11.8 Å². The summed E-state index contributed by atoms with van der Waals surface area (Å²) in [7, 11) is -1.22. The molecule has 0 bridgehead atoms. The highest BCUT2D eigenvalue weighted by Gasteiger charge is 2.26. The molecule has 1 aliphatic heterocycles. The van der Waals surface area contributed by atoms with Crippen molar-refractivity contribution in [3.63, 3.8) is 0 Å². The zero-order chi connectivity index (χ0) is 10.4. The standard InChI is InChI=1S/C7H13N2O4P/c10-6-2-1-5(9-6)7(11)8-3-4-13-14-12/h5H,1-4,14H2,(H,8,11)(H,9,10)/t5-/m0/s1. The first-order valence-corrected chi connectivity index (χ1v) is 5.30. The molecule has 0 aliphatic carbocycles. The molecule has 1 unspecified atom stereocenters. The van der Waals surface area contributed by atoms with Crippen molar-refractivity contribution in [2.75, 3.05) is 13.2 Å². The van der Waals surface area contributed by atoms with Gasteiger partial charge >= 0.3 is 0 Å². The van der Waals surface area contributed by atoms with Crippen LogP contribution in [0.4, 0.5) is 0 Å². The predicted octanol–water partition coefficient (Wildman–Crippen LogP) is -0.931.